The second-order valence-electron chi connectivity index (χ2n) is 6.74. The lowest BCUT2D eigenvalue weighted by Crippen LogP contribution is -2.51. The van der Waals surface area contributed by atoms with E-state index in [0.717, 1.165) is 6.42 Å². The lowest BCUT2D eigenvalue weighted by molar-refractivity contribution is -0.177. The van der Waals surface area contributed by atoms with E-state index in [1.165, 1.54) is 7.11 Å². The molecule has 0 aromatic carbocycles. The standard InChI is InChI=1S/C13H22O4/c1-11(2)6-12(3,4)8-13(7-11,9(14)15)10(16)17-5/h6-8H2,1-5H3,(H,14,15). The van der Waals surface area contributed by atoms with Crippen LogP contribution >= 0.6 is 0 Å². The van der Waals surface area contributed by atoms with Gasteiger partial charge in [-0.2, -0.15) is 0 Å². The van der Waals surface area contributed by atoms with Crippen molar-refractivity contribution in [2.75, 3.05) is 7.11 Å². The summed E-state index contributed by atoms with van der Waals surface area (Å²) in [6.45, 7) is 8.03. The van der Waals surface area contributed by atoms with Gasteiger partial charge in [0.15, 0.2) is 5.41 Å². The van der Waals surface area contributed by atoms with Crippen molar-refractivity contribution in [1.82, 2.24) is 0 Å². The van der Waals surface area contributed by atoms with Crippen LogP contribution < -0.4 is 0 Å². The maximum Gasteiger partial charge on any atom is 0.323 e. The van der Waals surface area contributed by atoms with Crippen molar-refractivity contribution in [1.29, 1.82) is 0 Å². The van der Waals surface area contributed by atoms with E-state index in [0.29, 0.717) is 12.8 Å². The van der Waals surface area contributed by atoms with Crippen LogP contribution in [0, 0.1) is 16.2 Å². The van der Waals surface area contributed by atoms with E-state index in [1.54, 1.807) is 0 Å². The van der Waals surface area contributed by atoms with Gasteiger partial charge >= 0.3 is 11.9 Å². The number of aliphatic carboxylic acids is 1. The first-order valence-electron chi connectivity index (χ1n) is 5.87. The summed E-state index contributed by atoms with van der Waals surface area (Å²) in [5, 5.41) is 9.45. The third-order valence-corrected chi connectivity index (χ3v) is 3.50. The zero-order chi connectivity index (χ0) is 13.5. The second-order valence-corrected chi connectivity index (χ2v) is 6.74. The fourth-order valence-corrected chi connectivity index (χ4v) is 3.70. The summed E-state index contributed by atoms with van der Waals surface area (Å²) in [6, 6.07) is 0. The van der Waals surface area contributed by atoms with E-state index in [4.69, 9.17) is 4.74 Å². The summed E-state index contributed by atoms with van der Waals surface area (Å²) in [5.74, 6) is -1.68. The molecule has 0 atom stereocenters. The fourth-order valence-electron chi connectivity index (χ4n) is 3.70. The highest BCUT2D eigenvalue weighted by Crippen LogP contribution is 2.54. The van der Waals surface area contributed by atoms with Crippen molar-refractivity contribution in [2.45, 2.75) is 47.0 Å². The molecule has 0 saturated heterocycles. The molecule has 1 aliphatic carbocycles. The van der Waals surface area contributed by atoms with Gasteiger partial charge in [-0.1, -0.05) is 27.7 Å². The molecule has 1 saturated carbocycles. The average molecular weight is 242 g/mol. The molecule has 0 amide bonds. The Kier molecular flexibility index (Phi) is 3.29. The average Bonchev–Trinajstić information content (AvgIpc) is 2.11. The van der Waals surface area contributed by atoms with Gasteiger partial charge in [-0.15, -0.1) is 0 Å². The zero-order valence-electron chi connectivity index (χ0n) is 11.3. The largest absolute Gasteiger partial charge is 0.480 e. The van der Waals surface area contributed by atoms with Crippen LogP contribution in [0.5, 0.6) is 0 Å². The summed E-state index contributed by atoms with van der Waals surface area (Å²) in [4.78, 5) is 23.5. The molecule has 1 fully saturated rings. The molecule has 0 bridgehead atoms. The fraction of sp³-hybridized carbons (Fsp3) is 0.846. The van der Waals surface area contributed by atoms with Gasteiger partial charge in [0.05, 0.1) is 7.11 Å². The molecule has 0 aromatic heterocycles. The van der Waals surface area contributed by atoms with Gasteiger partial charge in [-0.25, -0.2) is 0 Å². The highest BCUT2D eigenvalue weighted by Gasteiger charge is 2.57. The zero-order valence-corrected chi connectivity index (χ0v) is 11.3. The minimum absolute atomic E-state index is 0.172. The molecular weight excluding hydrogens is 220 g/mol. The molecule has 17 heavy (non-hydrogen) atoms. The highest BCUT2D eigenvalue weighted by atomic mass is 16.5. The number of esters is 1. The molecule has 1 rings (SSSR count). The van der Waals surface area contributed by atoms with Crippen molar-refractivity contribution in [3.8, 4) is 0 Å². The topological polar surface area (TPSA) is 63.6 Å². The monoisotopic (exact) mass is 242 g/mol. The van der Waals surface area contributed by atoms with E-state index in [9.17, 15) is 14.7 Å². The molecule has 0 unspecified atom stereocenters. The Hall–Kier alpha value is -1.06. The van der Waals surface area contributed by atoms with Gasteiger partial charge in [-0.05, 0) is 30.1 Å². The summed E-state index contributed by atoms with van der Waals surface area (Å²) in [6.07, 6.45) is 1.59. The number of hydrogen-bond acceptors (Lipinski definition) is 3. The number of carbonyl (C=O) groups is 2. The Morgan fingerprint density at radius 2 is 1.41 bits per heavy atom. The number of carboxylic acids is 1. The Labute approximate surface area is 102 Å². The third kappa shape index (κ3) is 2.61. The summed E-state index contributed by atoms with van der Waals surface area (Å²) >= 11 is 0. The minimum atomic E-state index is -1.39. The lowest BCUT2D eigenvalue weighted by Gasteiger charge is -2.48. The predicted molar refractivity (Wildman–Crippen MR) is 63.5 cm³/mol. The third-order valence-electron chi connectivity index (χ3n) is 3.50. The first-order valence-corrected chi connectivity index (χ1v) is 5.87. The van der Waals surface area contributed by atoms with Gasteiger partial charge in [0.2, 0.25) is 0 Å². The van der Waals surface area contributed by atoms with Crippen LogP contribution in [-0.4, -0.2) is 24.2 Å². The molecular formula is C13H22O4. The van der Waals surface area contributed by atoms with Crippen molar-refractivity contribution in [3.63, 3.8) is 0 Å². The van der Waals surface area contributed by atoms with Crippen molar-refractivity contribution in [2.24, 2.45) is 16.2 Å². The molecule has 0 spiro atoms. The van der Waals surface area contributed by atoms with Crippen LogP contribution in [0.4, 0.5) is 0 Å². The number of carbonyl (C=O) groups excluding carboxylic acids is 1. The Morgan fingerprint density at radius 1 is 1.00 bits per heavy atom. The quantitative estimate of drug-likeness (QED) is 0.597. The summed E-state index contributed by atoms with van der Waals surface area (Å²) < 4.78 is 4.72. The number of ether oxygens (including phenoxy) is 1. The predicted octanol–water partition coefficient (Wildman–Crippen LogP) is 2.47. The molecule has 0 radical (unpaired) electrons. The van der Waals surface area contributed by atoms with Gasteiger partial charge in [-0.3, -0.25) is 9.59 Å². The van der Waals surface area contributed by atoms with Crippen LogP contribution in [0.25, 0.3) is 0 Å². The lowest BCUT2D eigenvalue weighted by atomic mass is 9.55. The van der Waals surface area contributed by atoms with Crippen LogP contribution in [-0.2, 0) is 14.3 Å². The summed E-state index contributed by atoms with van der Waals surface area (Å²) in [5.41, 5.74) is -1.73. The molecule has 0 heterocycles. The van der Waals surface area contributed by atoms with Gasteiger partial charge in [0, 0.05) is 0 Å². The molecule has 4 nitrogen and oxygen atoms in total. The van der Waals surface area contributed by atoms with E-state index >= 15 is 0 Å². The van der Waals surface area contributed by atoms with E-state index in [1.807, 2.05) is 27.7 Å². The number of carboxylic acid groups (broad SMARTS) is 1. The first kappa shape index (κ1) is 14.0. The normalized spacial score (nSPS) is 25.0. The van der Waals surface area contributed by atoms with Crippen LogP contribution in [0.3, 0.4) is 0 Å². The van der Waals surface area contributed by atoms with Gasteiger partial charge in [0.25, 0.3) is 0 Å². The number of methoxy groups -OCH3 is 1. The second kappa shape index (κ2) is 4.00. The van der Waals surface area contributed by atoms with Crippen molar-refractivity contribution < 1.29 is 19.4 Å². The molecule has 0 aromatic rings. The molecule has 98 valence electrons. The highest BCUT2D eigenvalue weighted by molar-refractivity contribution is 5.99. The van der Waals surface area contributed by atoms with Crippen LogP contribution in [0.15, 0.2) is 0 Å². The number of rotatable bonds is 2. The van der Waals surface area contributed by atoms with Crippen molar-refractivity contribution in [3.05, 3.63) is 0 Å². The summed E-state index contributed by atoms with van der Waals surface area (Å²) in [7, 11) is 1.25. The molecule has 0 aliphatic heterocycles. The van der Waals surface area contributed by atoms with Crippen LogP contribution in [0.2, 0.25) is 0 Å². The Balaban J connectivity index is 3.22. The Bertz CT molecular complexity index is 325. The Morgan fingerprint density at radius 3 is 1.71 bits per heavy atom. The molecule has 1 N–H and O–H groups in total. The molecule has 1 aliphatic rings. The van der Waals surface area contributed by atoms with Crippen molar-refractivity contribution >= 4 is 11.9 Å². The van der Waals surface area contributed by atoms with E-state index < -0.39 is 17.4 Å². The molecule has 4 heteroatoms. The van der Waals surface area contributed by atoms with E-state index in [2.05, 4.69) is 0 Å². The van der Waals surface area contributed by atoms with Crippen LogP contribution in [0.1, 0.15) is 47.0 Å². The van der Waals surface area contributed by atoms with Gasteiger partial charge < -0.3 is 9.84 Å². The smallest absolute Gasteiger partial charge is 0.323 e. The maximum atomic E-state index is 11.9. The minimum Gasteiger partial charge on any atom is -0.480 e. The first-order chi connectivity index (χ1) is 7.55. The number of hydrogen-bond donors (Lipinski definition) is 1. The van der Waals surface area contributed by atoms with Gasteiger partial charge in [0.1, 0.15) is 0 Å². The SMILES string of the molecule is COC(=O)C1(C(=O)O)CC(C)(C)CC(C)(C)C1. The maximum absolute atomic E-state index is 11.9. The van der Waals surface area contributed by atoms with E-state index in [-0.39, 0.29) is 10.8 Å².